The van der Waals surface area contributed by atoms with Crippen molar-refractivity contribution in [2.75, 3.05) is 11.9 Å². The number of aromatic nitrogens is 1. The highest BCUT2D eigenvalue weighted by molar-refractivity contribution is 5.93. The largest absolute Gasteiger partial charge is 0.494 e. The molecule has 0 saturated heterocycles. The average Bonchev–Trinajstić information content (AvgIpc) is 2.97. The molecule has 0 saturated carbocycles. The molecule has 1 N–H and O–H groups in total. The Morgan fingerprint density at radius 3 is 2.82 bits per heavy atom. The van der Waals surface area contributed by atoms with E-state index >= 15 is 0 Å². The van der Waals surface area contributed by atoms with Gasteiger partial charge in [-0.25, -0.2) is 4.98 Å². The second-order valence-electron chi connectivity index (χ2n) is 4.84. The van der Waals surface area contributed by atoms with Crippen LogP contribution in [0.15, 0.2) is 53.3 Å². The Balaban J connectivity index is 1.63. The maximum atomic E-state index is 12.1. The van der Waals surface area contributed by atoms with E-state index in [1.807, 2.05) is 37.3 Å². The summed E-state index contributed by atoms with van der Waals surface area (Å²) in [7, 11) is 0. The van der Waals surface area contributed by atoms with Crippen LogP contribution in [0.25, 0.3) is 11.1 Å². The summed E-state index contributed by atoms with van der Waals surface area (Å²) in [6.45, 7) is 2.57. The third-order valence-corrected chi connectivity index (χ3v) is 3.21. The smallest absolute Gasteiger partial charge is 0.228 e. The van der Waals surface area contributed by atoms with E-state index in [1.165, 1.54) is 6.39 Å². The predicted octanol–water partition coefficient (Wildman–Crippen LogP) is 3.41. The van der Waals surface area contributed by atoms with E-state index < -0.39 is 0 Å². The summed E-state index contributed by atoms with van der Waals surface area (Å²) in [5.74, 6) is 0.727. The van der Waals surface area contributed by atoms with Crippen LogP contribution in [0.2, 0.25) is 0 Å². The minimum absolute atomic E-state index is 0.0805. The van der Waals surface area contributed by atoms with Crippen LogP contribution in [0.5, 0.6) is 5.75 Å². The van der Waals surface area contributed by atoms with E-state index in [0.717, 1.165) is 16.8 Å². The zero-order valence-corrected chi connectivity index (χ0v) is 12.2. The van der Waals surface area contributed by atoms with Gasteiger partial charge in [-0.05, 0) is 36.8 Å². The molecule has 2 aromatic carbocycles. The number of fused-ring (bicyclic) bond motifs is 1. The van der Waals surface area contributed by atoms with Crippen LogP contribution >= 0.6 is 0 Å². The fraction of sp³-hybridized carbons (Fsp3) is 0.176. The van der Waals surface area contributed by atoms with Crippen LogP contribution < -0.4 is 10.1 Å². The van der Waals surface area contributed by atoms with Gasteiger partial charge in [-0.15, -0.1) is 0 Å². The molecule has 5 nitrogen and oxygen atoms in total. The molecule has 0 spiro atoms. The number of ether oxygens (including phenoxy) is 1. The number of hydrogen-bond acceptors (Lipinski definition) is 4. The van der Waals surface area contributed by atoms with Gasteiger partial charge < -0.3 is 14.5 Å². The SMILES string of the molecule is CCOc1ccc(CC(=O)Nc2ccc3ncoc3c2)cc1. The molecular formula is C17H16N2O3. The van der Waals surface area contributed by atoms with Gasteiger partial charge in [-0.1, -0.05) is 12.1 Å². The molecule has 5 heteroatoms. The molecule has 3 rings (SSSR count). The Morgan fingerprint density at radius 1 is 1.23 bits per heavy atom. The Kier molecular flexibility index (Phi) is 4.05. The molecular weight excluding hydrogens is 280 g/mol. The van der Waals surface area contributed by atoms with Gasteiger partial charge in [0.15, 0.2) is 12.0 Å². The molecule has 3 aromatic rings. The first-order valence-electron chi connectivity index (χ1n) is 7.09. The molecule has 0 aliphatic rings. The van der Waals surface area contributed by atoms with Crippen molar-refractivity contribution >= 4 is 22.7 Å². The number of amides is 1. The highest BCUT2D eigenvalue weighted by atomic mass is 16.5. The van der Waals surface area contributed by atoms with Crippen molar-refractivity contribution in [2.45, 2.75) is 13.3 Å². The van der Waals surface area contributed by atoms with E-state index in [2.05, 4.69) is 10.3 Å². The number of carbonyl (C=O) groups is 1. The molecule has 0 atom stereocenters. The fourth-order valence-corrected chi connectivity index (χ4v) is 2.19. The molecule has 1 heterocycles. The highest BCUT2D eigenvalue weighted by Gasteiger charge is 2.06. The van der Waals surface area contributed by atoms with Crippen molar-refractivity contribution in [3.8, 4) is 5.75 Å². The number of benzene rings is 2. The number of hydrogen-bond donors (Lipinski definition) is 1. The zero-order chi connectivity index (χ0) is 15.4. The van der Waals surface area contributed by atoms with E-state index in [9.17, 15) is 4.79 Å². The Labute approximate surface area is 127 Å². The third-order valence-electron chi connectivity index (χ3n) is 3.21. The first-order valence-corrected chi connectivity index (χ1v) is 7.09. The van der Waals surface area contributed by atoms with Crippen molar-refractivity contribution in [1.29, 1.82) is 0 Å². The summed E-state index contributed by atoms with van der Waals surface area (Å²) in [5.41, 5.74) is 3.05. The van der Waals surface area contributed by atoms with E-state index in [0.29, 0.717) is 24.3 Å². The summed E-state index contributed by atoms with van der Waals surface area (Å²) in [6, 6.07) is 12.9. The summed E-state index contributed by atoms with van der Waals surface area (Å²) in [5, 5.41) is 2.85. The fourth-order valence-electron chi connectivity index (χ4n) is 2.19. The topological polar surface area (TPSA) is 64.4 Å². The molecule has 0 aliphatic carbocycles. The van der Waals surface area contributed by atoms with Crippen molar-refractivity contribution in [3.05, 3.63) is 54.4 Å². The van der Waals surface area contributed by atoms with Gasteiger partial charge >= 0.3 is 0 Å². The number of carbonyl (C=O) groups excluding carboxylic acids is 1. The van der Waals surface area contributed by atoms with Crippen LogP contribution in [-0.2, 0) is 11.2 Å². The lowest BCUT2D eigenvalue weighted by molar-refractivity contribution is -0.115. The van der Waals surface area contributed by atoms with Crippen molar-refractivity contribution in [1.82, 2.24) is 4.98 Å². The number of nitrogens with zero attached hydrogens (tertiary/aromatic N) is 1. The summed E-state index contributed by atoms with van der Waals surface area (Å²) < 4.78 is 10.6. The van der Waals surface area contributed by atoms with Crippen LogP contribution in [0.4, 0.5) is 5.69 Å². The standard InChI is InChI=1S/C17H16N2O3/c1-2-21-14-6-3-12(4-7-14)9-17(20)19-13-5-8-15-16(10-13)22-11-18-15/h3-8,10-11H,2,9H2,1H3,(H,19,20). The minimum atomic E-state index is -0.0805. The molecule has 1 amide bonds. The van der Waals surface area contributed by atoms with Crippen LogP contribution in [0.1, 0.15) is 12.5 Å². The van der Waals surface area contributed by atoms with Gasteiger partial charge in [-0.3, -0.25) is 4.79 Å². The van der Waals surface area contributed by atoms with Gasteiger partial charge in [0.1, 0.15) is 11.3 Å². The van der Waals surface area contributed by atoms with Crippen molar-refractivity contribution in [2.24, 2.45) is 0 Å². The first-order chi connectivity index (χ1) is 10.7. The van der Waals surface area contributed by atoms with Crippen molar-refractivity contribution in [3.63, 3.8) is 0 Å². The molecule has 0 fully saturated rings. The van der Waals surface area contributed by atoms with Gasteiger partial charge in [0.05, 0.1) is 13.0 Å². The summed E-state index contributed by atoms with van der Waals surface area (Å²) in [4.78, 5) is 16.1. The number of rotatable bonds is 5. The number of oxazole rings is 1. The maximum absolute atomic E-state index is 12.1. The number of nitrogens with one attached hydrogen (secondary N) is 1. The Morgan fingerprint density at radius 2 is 2.05 bits per heavy atom. The van der Waals surface area contributed by atoms with Crippen molar-refractivity contribution < 1.29 is 13.9 Å². The predicted molar refractivity (Wildman–Crippen MR) is 84.0 cm³/mol. The average molecular weight is 296 g/mol. The molecule has 1 aromatic heterocycles. The Hall–Kier alpha value is -2.82. The monoisotopic (exact) mass is 296 g/mol. The molecule has 22 heavy (non-hydrogen) atoms. The highest BCUT2D eigenvalue weighted by Crippen LogP contribution is 2.18. The molecule has 0 radical (unpaired) electrons. The van der Waals surface area contributed by atoms with E-state index in [1.54, 1.807) is 12.1 Å². The lowest BCUT2D eigenvalue weighted by atomic mass is 10.1. The summed E-state index contributed by atoms with van der Waals surface area (Å²) in [6.07, 6.45) is 1.69. The molecule has 0 unspecified atom stereocenters. The molecule has 112 valence electrons. The number of anilines is 1. The van der Waals surface area contributed by atoms with Crippen LogP contribution in [0, 0.1) is 0 Å². The zero-order valence-electron chi connectivity index (χ0n) is 12.2. The molecule has 0 aliphatic heterocycles. The van der Waals surface area contributed by atoms with Crippen LogP contribution in [0.3, 0.4) is 0 Å². The van der Waals surface area contributed by atoms with Gasteiger partial charge in [0.2, 0.25) is 5.91 Å². The van der Waals surface area contributed by atoms with Gasteiger partial charge in [0.25, 0.3) is 0 Å². The summed E-state index contributed by atoms with van der Waals surface area (Å²) >= 11 is 0. The second kappa shape index (κ2) is 6.30. The van der Waals surface area contributed by atoms with Crippen LogP contribution in [-0.4, -0.2) is 17.5 Å². The lowest BCUT2D eigenvalue weighted by Crippen LogP contribution is -2.14. The lowest BCUT2D eigenvalue weighted by Gasteiger charge is -2.06. The quantitative estimate of drug-likeness (QED) is 0.783. The third kappa shape index (κ3) is 3.25. The minimum Gasteiger partial charge on any atom is -0.494 e. The van der Waals surface area contributed by atoms with E-state index in [-0.39, 0.29) is 5.91 Å². The maximum Gasteiger partial charge on any atom is 0.228 e. The normalized spacial score (nSPS) is 10.6. The first kappa shape index (κ1) is 14.1. The second-order valence-corrected chi connectivity index (χ2v) is 4.84. The van der Waals surface area contributed by atoms with E-state index in [4.69, 9.17) is 9.15 Å². The molecule has 0 bridgehead atoms. The Bertz CT molecular complexity index is 778. The van der Waals surface area contributed by atoms with Gasteiger partial charge in [0, 0.05) is 11.8 Å². The van der Waals surface area contributed by atoms with Gasteiger partial charge in [-0.2, -0.15) is 0 Å².